The second-order valence-electron chi connectivity index (χ2n) is 7.64. The van der Waals surface area contributed by atoms with E-state index in [1.807, 2.05) is 13.8 Å². The molecule has 8 nitrogen and oxygen atoms in total. The van der Waals surface area contributed by atoms with Gasteiger partial charge in [0.15, 0.2) is 0 Å². The van der Waals surface area contributed by atoms with Gasteiger partial charge in [0.05, 0.1) is 25.1 Å². The van der Waals surface area contributed by atoms with Crippen molar-refractivity contribution in [3.8, 4) is 0 Å². The molecule has 1 saturated heterocycles. The summed E-state index contributed by atoms with van der Waals surface area (Å²) in [6.07, 6.45) is 3.36. The summed E-state index contributed by atoms with van der Waals surface area (Å²) in [6.45, 7) is 12.8. The van der Waals surface area contributed by atoms with Gasteiger partial charge >= 0.3 is 0 Å². The average molecular weight is 392 g/mol. The zero-order valence-electron chi connectivity index (χ0n) is 17.5. The predicted octanol–water partition coefficient (Wildman–Crippen LogP) is 1.11. The maximum atomic E-state index is 12.9. The van der Waals surface area contributed by atoms with Crippen LogP contribution in [0.2, 0.25) is 0 Å². The highest BCUT2D eigenvalue weighted by molar-refractivity contribution is 5.92. The highest BCUT2D eigenvalue weighted by Crippen LogP contribution is 2.06. The number of aromatic nitrogens is 2. The first-order valence-corrected chi connectivity index (χ1v) is 10.0. The minimum absolute atomic E-state index is 0.0413. The molecule has 1 aromatic rings. The van der Waals surface area contributed by atoms with Gasteiger partial charge in [-0.05, 0) is 19.8 Å². The van der Waals surface area contributed by atoms with Crippen LogP contribution in [0, 0.1) is 12.8 Å². The third-order valence-corrected chi connectivity index (χ3v) is 5.07. The molecule has 2 amide bonds. The van der Waals surface area contributed by atoms with Crippen LogP contribution in [-0.4, -0.2) is 83.6 Å². The Bertz CT molecular complexity index is 629. The lowest BCUT2D eigenvalue weighted by Gasteiger charge is -2.30. The SMILES string of the molecule is Cc1cnc(C(=O)N(CCC(=O)N[C@@H](C)C(C)C)CCN2CCOCC2)cn1. The number of ether oxygens (including phenoxy) is 1. The van der Waals surface area contributed by atoms with Crippen LogP contribution >= 0.6 is 0 Å². The Kier molecular flexibility index (Phi) is 8.79. The van der Waals surface area contributed by atoms with E-state index in [1.54, 1.807) is 11.1 Å². The van der Waals surface area contributed by atoms with Gasteiger partial charge < -0.3 is 15.0 Å². The molecule has 28 heavy (non-hydrogen) atoms. The van der Waals surface area contributed by atoms with Crippen LogP contribution < -0.4 is 5.32 Å². The van der Waals surface area contributed by atoms with Crippen LogP contribution in [-0.2, 0) is 9.53 Å². The van der Waals surface area contributed by atoms with E-state index in [0.29, 0.717) is 37.9 Å². The molecule has 1 aliphatic rings. The lowest BCUT2D eigenvalue weighted by molar-refractivity contribution is -0.122. The predicted molar refractivity (Wildman–Crippen MR) is 107 cm³/mol. The molecule has 2 heterocycles. The zero-order chi connectivity index (χ0) is 20.5. The molecule has 0 bridgehead atoms. The number of morpholine rings is 1. The highest BCUT2D eigenvalue weighted by Gasteiger charge is 2.21. The number of aryl methyl sites for hydroxylation is 1. The third-order valence-electron chi connectivity index (χ3n) is 5.07. The molecule has 0 aliphatic carbocycles. The standard InChI is InChI=1S/C20H33N5O3/c1-15(2)17(4)23-19(26)5-6-25(8-7-24-9-11-28-12-10-24)20(27)18-14-21-16(3)13-22-18/h13-15,17H,5-12H2,1-4H3,(H,23,26)/t17-/m0/s1. The lowest BCUT2D eigenvalue weighted by atomic mass is 10.1. The summed E-state index contributed by atoms with van der Waals surface area (Å²) in [4.78, 5) is 37.5. The van der Waals surface area contributed by atoms with Crippen molar-refractivity contribution in [2.75, 3.05) is 45.9 Å². The molecule has 1 atom stereocenters. The van der Waals surface area contributed by atoms with Gasteiger partial charge in [0.1, 0.15) is 5.69 Å². The molecule has 0 radical (unpaired) electrons. The number of rotatable bonds is 9. The van der Waals surface area contributed by atoms with Crippen LogP contribution in [0.1, 0.15) is 43.4 Å². The molecule has 156 valence electrons. The number of nitrogens with one attached hydrogen (secondary N) is 1. The van der Waals surface area contributed by atoms with Crippen LogP contribution in [0.5, 0.6) is 0 Å². The van der Waals surface area contributed by atoms with E-state index in [2.05, 4.69) is 34.0 Å². The first-order chi connectivity index (χ1) is 13.4. The van der Waals surface area contributed by atoms with Crippen molar-refractivity contribution in [3.05, 3.63) is 23.8 Å². The maximum Gasteiger partial charge on any atom is 0.274 e. The molecule has 1 aliphatic heterocycles. The van der Waals surface area contributed by atoms with Gasteiger partial charge in [-0.3, -0.25) is 19.5 Å². The summed E-state index contributed by atoms with van der Waals surface area (Å²) < 4.78 is 5.38. The van der Waals surface area contributed by atoms with Crippen LogP contribution in [0.4, 0.5) is 0 Å². The third kappa shape index (κ3) is 7.16. The Labute approximate surface area is 167 Å². The Hall–Kier alpha value is -2.06. The van der Waals surface area contributed by atoms with Crippen molar-refractivity contribution in [2.24, 2.45) is 5.92 Å². The summed E-state index contributed by atoms with van der Waals surface area (Å²) in [5.41, 5.74) is 1.07. The first kappa shape index (κ1) is 22.2. The number of hydrogen-bond acceptors (Lipinski definition) is 6. The normalized spacial score (nSPS) is 16.0. The van der Waals surface area contributed by atoms with E-state index in [0.717, 1.165) is 25.3 Å². The van der Waals surface area contributed by atoms with Crippen LogP contribution in [0.15, 0.2) is 12.4 Å². The van der Waals surface area contributed by atoms with E-state index in [1.165, 1.54) is 6.20 Å². The highest BCUT2D eigenvalue weighted by atomic mass is 16.5. The summed E-state index contributed by atoms with van der Waals surface area (Å²) in [5, 5.41) is 2.99. The fourth-order valence-corrected chi connectivity index (χ4v) is 2.80. The number of hydrogen-bond donors (Lipinski definition) is 1. The fourth-order valence-electron chi connectivity index (χ4n) is 2.80. The number of carbonyl (C=O) groups excluding carboxylic acids is 2. The summed E-state index contributed by atoms with van der Waals surface area (Å²) >= 11 is 0. The van der Waals surface area contributed by atoms with Crippen LogP contribution in [0.3, 0.4) is 0 Å². The topological polar surface area (TPSA) is 87.7 Å². The summed E-state index contributed by atoms with van der Waals surface area (Å²) in [6, 6.07) is 0.105. The second kappa shape index (κ2) is 11.1. The van der Waals surface area contributed by atoms with Gasteiger partial charge in [-0.25, -0.2) is 4.98 Å². The lowest BCUT2D eigenvalue weighted by Crippen LogP contribution is -2.44. The molecular weight excluding hydrogens is 358 g/mol. The molecule has 0 aromatic carbocycles. The van der Waals surface area contributed by atoms with Crippen molar-refractivity contribution in [3.63, 3.8) is 0 Å². The van der Waals surface area contributed by atoms with Gasteiger partial charge in [0.25, 0.3) is 5.91 Å². The molecule has 1 aromatic heterocycles. The molecule has 0 unspecified atom stereocenters. The van der Waals surface area contributed by atoms with Crippen molar-refractivity contribution in [1.29, 1.82) is 0 Å². The Morgan fingerprint density at radius 2 is 1.89 bits per heavy atom. The molecule has 1 N–H and O–H groups in total. The van der Waals surface area contributed by atoms with Crippen molar-refractivity contribution in [2.45, 2.75) is 40.2 Å². The Morgan fingerprint density at radius 1 is 1.18 bits per heavy atom. The first-order valence-electron chi connectivity index (χ1n) is 10.0. The van der Waals surface area contributed by atoms with Gasteiger partial charge in [0.2, 0.25) is 5.91 Å². The number of amides is 2. The molecule has 0 saturated carbocycles. The van der Waals surface area contributed by atoms with E-state index in [9.17, 15) is 9.59 Å². The minimum atomic E-state index is -0.189. The van der Waals surface area contributed by atoms with Crippen molar-refractivity contribution in [1.82, 2.24) is 25.1 Å². The van der Waals surface area contributed by atoms with Gasteiger partial charge in [-0.15, -0.1) is 0 Å². The smallest absolute Gasteiger partial charge is 0.274 e. The largest absolute Gasteiger partial charge is 0.379 e. The van der Waals surface area contributed by atoms with Gasteiger partial charge in [0, 0.05) is 51.4 Å². The minimum Gasteiger partial charge on any atom is -0.379 e. The Balaban J connectivity index is 1.97. The maximum absolute atomic E-state index is 12.9. The van der Waals surface area contributed by atoms with Crippen LogP contribution in [0.25, 0.3) is 0 Å². The number of carbonyl (C=O) groups is 2. The number of nitrogens with zero attached hydrogens (tertiary/aromatic N) is 4. The second-order valence-corrected chi connectivity index (χ2v) is 7.64. The van der Waals surface area contributed by atoms with Gasteiger partial charge in [-0.1, -0.05) is 13.8 Å². The van der Waals surface area contributed by atoms with Gasteiger partial charge in [-0.2, -0.15) is 0 Å². The van der Waals surface area contributed by atoms with E-state index < -0.39 is 0 Å². The van der Waals surface area contributed by atoms with Crippen molar-refractivity contribution < 1.29 is 14.3 Å². The van der Waals surface area contributed by atoms with Crippen molar-refractivity contribution >= 4 is 11.8 Å². The monoisotopic (exact) mass is 391 g/mol. The zero-order valence-corrected chi connectivity index (χ0v) is 17.5. The average Bonchev–Trinajstić information content (AvgIpc) is 2.68. The summed E-state index contributed by atoms with van der Waals surface area (Å²) in [5.74, 6) is 0.136. The fraction of sp³-hybridized carbons (Fsp3) is 0.700. The molecule has 2 rings (SSSR count). The van der Waals surface area contributed by atoms with E-state index >= 15 is 0 Å². The van der Waals surface area contributed by atoms with E-state index in [4.69, 9.17) is 4.74 Å². The molecule has 8 heteroatoms. The molecule has 0 spiro atoms. The van der Waals surface area contributed by atoms with E-state index in [-0.39, 0.29) is 24.3 Å². The Morgan fingerprint density at radius 3 is 2.50 bits per heavy atom. The summed E-state index contributed by atoms with van der Waals surface area (Å²) in [7, 11) is 0. The molecule has 1 fully saturated rings. The quantitative estimate of drug-likeness (QED) is 0.679. The molecular formula is C20H33N5O3.